The van der Waals surface area contributed by atoms with E-state index < -0.39 is 10.0 Å². The van der Waals surface area contributed by atoms with Gasteiger partial charge in [-0.2, -0.15) is 5.10 Å². The molecule has 1 amide bonds. The van der Waals surface area contributed by atoms with Crippen LogP contribution in [0.5, 0.6) is 0 Å². The Morgan fingerprint density at radius 1 is 1.23 bits per heavy atom. The molecule has 0 atom stereocenters. The molecule has 1 fully saturated rings. The summed E-state index contributed by atoms with van der Waals surface area (Å²) in [6.07, 6.45) is 2.91. The van der Waals surface area contributed by atoms with Gasteiger partial charge < -0.3 is 4.90 Å². The van der Waals surface area contributed by atoms with Crippen molar-refractivity contribution in [2.75, 3.05) is 32.4 Å². The lowest BCUT2D eigenvalue weighted by Crippen LogP contribution is -2.37. The molecule has 0 radical (unpaired) electrons. The third-order valence-electron chi connectivity index (χ3n) is 4.21. The first-order chi connectivity index (χ1) is 10.3. The highest BCUT2D eigenvalue weighted by Gasteiger charge is 2.23. The first-order valence-corrected chi connectivity index (χ1v) is 9.37. The summed E-state index contributed by atoms with van der Waals surface area (Å²) in [7, 11) is -3.18. The van der Waals surface area contributed by atoms with Gasteiger partial charge in [-0.1, -0.05) is 0 Å². The molecule has 1 saturated heterocycles. The van der Waals surface area contributed by atoms with E-state index in [4.69, 9.17) is 0 Å². The van der Waals surface area contributed by atoms with Gasteiger partial charge in [-0.15, -0.1) is 0 Å². The van der Waals surface area contributed by atoms with Gasteiger partial charge in [0, 0.05) is 44.7 Å². The van der Waals surface area contributed by atoms with Crippen molar-refractivity contribution in [3.63, 3.8) is 0 Å². The van der Waals surface area contributed by atoms with Crippen LogP contribution < -0.4 is 0 Å². The summed E-state index contributed by atoms with van der Waals surface area (Å²) in [6.45, 7) is 5.90. The molecule has 2 rings (SSSR count). The van der Waals surface area contributed by atoms with Gasteiger partial charge in [0.25, 0.3) is 0 Å². The normalized spacial score (nSPS) is 17.5. The van der Waals surface area contributed by atoms with Gasteiger partial charge >= 0.3 is 0 Å². The molecule has 8 heteroatoms. The molecule has 1 aromatic rings. The second kappa shape index (κ2) is 6.78. The third kappa shape index (κ3) is 4.07. The summed E-state index contributed by atoms with van der Waals surface area (Å²) in [5.74, 6) is 0.0652. The number of hydrogen-bond donors (Lipinski definition) is 1. The second-order valence-electron chi connectivity index (χ2n) is 5.82. The van der Waals surface area contributed by atoms with Crippen molar-refractivity contribution in [2.45, 2.75) is 33.1 Å². The molecular weight excluding hydrogens is 304 g/mol. The van der Waals surface area contributed by atoms with E-state index in [1.807, 2.05) is 13.8 Å². The zero-order valence-electron chi connectivity index (χ0n) is 13.4. The predicted molar refractivity (Wildman–Crippen MR) is 84.0 cm³/mol. The van der Waals surface area contributed by atoms with Crippen molar-refractivity contribution in [3.8, 4) is 0 Å². The van der Waals surface area contributed by atoms with Crippen LogP contribution in [0.1, 0.15) is 29.8 Å². The number of carbonyl (C=O) groups is 1. The number of nitrogens with one attached hydrogen (secondary N) is 1. The summed E-state index contributed by atoms with van der Waals surface area (Å²) in [6, 6.07) is 0. The van der Waals surface area contributed by atoms with Crippen LogP contribution in [0.4, 0.5) is 0 Å². The lowest BCUT2D eigenvalue weighted by molar-refractivity contribution is -0.131. The fourth-order valence-electron chi connectivity index (χ4n) is 2.64. The Morgan fingerprint density at radius 2 is 1.95 bits per heavy atom. The highest BCUT2D eigenvalue weighted by Crippen LogP contribution is 2.13. The number of rotatable bonds is 4. The van der Waals surface area contributed by atoms with Gasteiger partial charge in [-0.05, 0) is 25.8 Å². The number of aromatic amines is 1. The number of aromatic nitrogens is 2. The summed E-state index contributed by atoms with van der Waals surface area (Å²) in [5.41, 5.74) is 3.06. The Kier molecular flexibility index (Phi) is 5.23. The van der Waals surface area contributed by atoms with Crippen LogP contribution in [-0.2, 0) is 21.2 Å². The van der Waals surface area contributed by atoms with Crippen molar-refractivity contribution in [3.05, 3.63) is 17.0 Å². The van der Waals surface area contributed by atoms with E-state index in [0.29, 0.717) is 45.4 Å². The van der Waals surface area contributed by atoms with Crippen molar-refractivity contribution >= 4 is 15.9 Å². The maximum absolute atomic E-state index is 12.3. The number of carbonyl (C=O) groups excluding carboxylic acids is 1. The average molecular weight is 328 g/mol. The van der Waals surface area contributed by atoms with Gasteiger partial charge in [0.1, 0.15) is 0 Å². The summed E-state index contributed by atoms with van der Waals surface area (Å²) in [4.78, 5) is 14.1. The molecule has 1 aliphatic rings. The lowest BCUT2D eigenvalue weighted by atomic mass is 10.1. The Balaban J connectivity index is 1.89. The largest absolute Gasteiger partial charge is 0.341 e. The maximum atomic E-state index is 12.3. The molecule has 0 bridgehead atoms. The van der Waals surface area contributed by atoms with Crippen LogP contribution in [0, 0.1) is 13.8 Å². The summed E-state index contributed by atoms with van der Waals surface area (Å²) < 4.78 is 24.6. The van der Waals surface area contributed by atoms with Crippen molar-refractivity contribution in [2.24, 2.45) is 0 Å². The van der Waals surface area contributed by atoms with Crippen LogP contribution in [-0.4, -0.2) is 66.2 Å². The molecule has 0 aliphatic carbocycles. The van der Waals surface area contributed by atoms with Gasteiger partial charge in [0.2, 0.25) is 15.9 Å². The summed E-state index contributed by atoms with van der Waals surface area (Å²) >= 11 is 0. The number of aryl methyl sites for hydroxylation is 2. The highest BCUT2D eigenvalue weighted by molar-refractivity contribution is 7.88. The smallest absolute Gasteiger partial charge is 0.223 e. The van der Waals surface area contributed by atoms with E-state index in [2.05, 4.69) is 10.2 Å². The minimum atomic E-state index is -3.18. The SMILES string of the molecule is Cc1[nH]nc(CCC(=O)N2CCCN(S(C)(=O)=O)CC2)c1C. The Bertz CT molecular complexity index is 639. The van der Waals surface area contributed by atoms with Crippen LogP contribution in [0.15, 0.2) is 0 Å². The molecule has 2 heterocycles. The second-order valence-corrected chi connectivity index (χ2v) is 7.80. The molecule has 0 aromatic carbocycles. The highest BCUT2D eigenvalue weighted by atomic mass is 32.2. The quantitative estimate of drug-likeness (QED) is 0.869. The van der Waals surface area contributed by atoms with E-state index in [9.17, 15) is 13.2 Å². The molecule has 7 nitrogen and oxygen atoms in total. The average Bonchev–Trinajstić information content (AvgIpc) is 2.68. The molecule has 1 aromatic heterocycles. The molecule has 124 valence electrons. The Labute approximate surface area is 131 Å². The number of sulfonamides is 1. The molecular formula is C14H24N4O3S. The predicted octanol–water partition coefficient (Wildman–Crippen LogP) is 0.453. The Morgan fingerprint density at radius 3 is 2.55 bits per heavy atom. The fourth-order valence-corrected chi connectivity index (χ4v) is 3.51. The number of amides is 1. The molecule has 0 unspecified atom stereocenters. The van der Waals surface area contributed by atoms with Gasteiger partial charge in [0.05, 0.1) is 11.9 Å². The van der Waals surface area contributed by atoms with E-state index in [1.165, 1.54) is 10.6 Å². The minimum Gasteiger partial charge on any atom is -0.341 e. The number of hydrogen-bond acceptors (Lipinski definition) is 4. The van der Waals surface area contributed by atoms with E-state index in [1.54, 1.807) is 4.90 Å². The van der Waals surface area contributed by atoms with Crippen LogP contribution >= 0.6 is 0 Å². The first kappa shape index (κ1) is 17.0. The van der Waals surface area contributed by atoms with Crippen molar-refractivity contribution < 1.29 is 13.2 Å². The van der Waals surface area contributed by atoms with Crippen LogP contribution in [0.25, 0.3) is 0 Å². The lowest BCUT2D eigenvalue weighted by Gasteiger charge is -2.21. The van der Waals surface area contributed by atoms with Gasteiger partial charge in [-0.25, -0.2) is 12.7 Å². The number of nitrogens with zero attached hydrogens (tertiary/aromatic N) is 3. The summed E-state index contributed by atoms with van der Waals surface area (Å²) in [5, 5.41) is 7.14. The first-order valence-electron chi connectivity index (χ1n) is 7.52. The molecule has 0 spiro atoms. The molecule has 1 aliphatic heterocycles. The zero-order valence-corrected chi connectivity index (χ0v) is 14.2. The monoisotopic (exact) mass is 328 g/mol. The van der Waals surface area contributed by atoms with Crippen LogP contribution in [0.2, 0.25) is 0 Å². The van der Waals surface area contributed by atoms with Gasteiger partial charge in [0.15, 0.2) is 0 Å². The Hall–Kier alpha value is -1.41. The van der Waals surface area contributed by atoms with Crippen LogP contribution in [0.3, 0.4) is 0 Å². The maximum Gasteiger partial charge on any atom is 0.223 e. The van der Waals surface area contributed by atoms with Crippen molar-refractivity contribution in [1.29, 1.82) is 0 Å². The van der Waals surface area contributed by atoms with E-state index in [-0.39, 0.29) is 5.91 Å². The standard InChI is InChI=1S/C14H24N4O3S/c1-11-12(2)15-16-13(11)5-6-14(19)17-7-4-8-18(10-9-17)22(3,20)21/h4-10H2,1-3H3,(H,15,16). The van der Waals surface area contributed by atoms with E-state index in [0.717, 1.165) is 17.0 Å². The fraction of sp³-hybridized carbons (Fsp3) is 0.714. The third-order valence-corrected chi connectivity index (χ3v) is 5.51. The van der Waals surface area contributed by atoms with Gasteiger partial charge in [-0.3, -0.25) is 9.89 Å². The minimum absolute atomic E-state index is 0.0652. The molecule has 22 heavy (non-hydrogen) atoms. The number of H-pyrrole nitrogens is 1. The molecule has 1 N–H and O–H groups in total. The topological polar surface area (TPSA) is 86.4 Å². The zero-order chi connectivity index (χ0) is 16.3. The molecule has 0 saturated carbocycles. The van der Waals surface area contributed by atoms with E-state index >= 15 is 0 Å². The van der Waals surface area contributed by atoms with Crippen molar-refractivity contribution in [1.82, 2.24) is 19.4 Å².